The van der Waals surface area contributed by atoms with Gasteiger partial charge >= 0.3 is 0 Å². The lowest BCUT2D eigenvalue weighted by Gasteiger charge is -2.44. The summed E-state index contributed by atoms with van der Waals surface area (Å²) in [5.41, 5.74) is 0.348. The standard InChI is InChI=1S/C21H30N4O2/c1-14-13-24(11-12-25(14)20(27)21(3,4)5)15(2)18-22-17-10-8-7-9-16(17)19(26)23(18)6/h7-10,14-15H,11-13H2,1-6H3. The van der Waals surface area contributed by atoms with Crippen LogP contribution in [0.1, 0.15) is 46.5 Å². The Morgan fingerprint density at radius 1 is 1.22 bits per heavy atom. The molecule has 2 atom stereocenters. The van der Waals surface area contributed by atoms with Crippen LogP contribution in [0.15, 0.2) is 29.1 Å². The van der Waals surface area contributed by atoms with Gasteiger partial charge in [-0.15, -0.1) is 0 Å². The molecule has 1 aromatic carbocycles. The zero-order valence-corrected chi connectivity index (χ0v) is 17.2. The van der Waals surface area contributed by atoms with Gasteiger partial charge in [0.05, 0.1) is 16.9 Å². The Kier molecular flexibility index (Phi) is 5.12. The number of nitrogens with zero attached hydrogens (tertiary/aromatic N) is 4. The van der Waals surface area contributed by atoms with E-state index < -0.39 is 0 Å². The van der Waals surface area contributed by atoms with Crippen molar-refractivity contribution in [1.29, 1.82) is 0 Å². The van der Waals surface area contributed by atoms with Crippen LogP contribution in [0.5, 0.6) is 0 Å². The van der Waals surface area contributed by atoms with Gasteiger partial charge in [-0.1, -0.05) is 32.9 Å². The molecule has 1 aliphatic heterocycles. The largest absolute Gasteiger partial charge is 0.337 e. The maximum Gasteiger partial charge on any atom is 0.261 e. The number of carbonyl (C=O) groups is 1. The maximum absolute atomic E-state index is 12.7. The molecule has 1 aliphatic rings. The summed E-state index contributed by atoms with van der Waals surface area (Å²) in [5.74, 6) is 0.958. The molecule has 2 aromatic rings. The van der Waals surface area contributed by atoms with E-state index >= 15 is 0 Å². The summed E-state index contributed by atoms with van der Waals surface area (Å²) in [6, 6.07) is 7.60. The summed E-state index contributed by atoms with van der Waals surface area (Å²) in [6.07, 6.45) is 0. The number of para-hydroxylation sites is 1. The van der Waals surface area contributed by atoms with E-state index in [1.54, 1.807) is 11.6 Å². The Morgan fingerprint density at radius 2 is 1.89 bits per heavy atom. The second-order valence-electron chi connectivity index (χ2n) is 8.62. The van der Waals surface area contributed by atoms with Crippen molar-refractivity contribution in [3.8, 4) is 0 Å². The quantitative estimate of drug-likeness (QED) is 0.815. The Hall–Kier alpha value is -2.21. The Balaban J connectivity index is 1.85. The summed E-state index contributed by atoms with van der Waals surface area (Å²) in [7, 11) is 1.79. The van der Waals surface area contributed by atoms with E-state index in [4.69, 9.17) is 4.98 Å². The first-order valence-electron chi connectivity index (χ1n) is 9.62. The number of hydrogen-bond donors (Lipinski definition) is 0. The van der Waals surface area contributed by atoms with Crippen LogP contribution in [0.4, 0.5) is 0 Å². The van der Waals surface area contributed by atoms with Gasteiger partial charge in [0, 0.05) is 38.1 Å². The summed E-state index contributed by atoms with van der Waals surface area (Å²) >= 11 is 0. The van der Waals surface area contributed by atoms with Crippen molar-refractivity contribution in [3.63, 3.8) is 0 Å². The number of carbonyl (C=O) groups excluding carboxylic acids is 1. The van der Waals surface area contributed by atoms with E-state index in [1.807, 2.05) is 49.9 Å². The fourth-order valence-electron chi connectivity index (χ4n) is 3.84. The molecule has 1 aromatic heterocycles. The Bertz CT molecular complexity index is 913. The highest BCUT2D eigenvalue weighted by Gasteiger charge is 2.35. The number of rotatable bonds is 2. The molecule has 1 amide bonds. The number of fused-ring (bicyclic) bond motifs is 1. The van der Waals surface area contributed by atoms with Gasteiger partial charge in [0.25, 0.3) is 5.56 Å². The van der Waals surface area contributed by atoms with Gasteiger partial charge in [0.1, 0.15) is 5.82 Å². The van der Waals surface area contributed by atoms with Gasteiger partial charge in [-0.2, -0.15) is 0 Å². The number of aromatic nitrogens is 2. The lowest BCUT2D eigenvalue weighted by Crippen LogP contribution is -2.57. The van der Waals surface area contributed by atoms with Crippen molar-refractivity contribution >= 4 is 16.8 Å². The number of piperazine rings is 1. The van der Waals surface area contributed by atoms with Crippen molar-refractivity contribution in [3.05, 3.63) is 40.4 Å². The average molecular weight is 370 g/mol. The summed E-state index contributed by atoms with van der Waals surface area (Å²) < 4.78 is 1.66. The molecule has 146 valence electrons. The fraction of sp³-hybridized carbons (Fsp3) is 0.571. The predicted molar refractivity (Wildman–Crippen MR) is 108 cm³/mol. The predicted octanol–water partition coefficient (Wildman–Crippen LogP) is 2.57. The lowest BCUT2D eigenvalue weighted by atomic mass is 9.93. The molecular weight excluding hydrogens is 340 g/mol. The van der Waals surface area contributed by atoms with Gasteiger partial charge < -0.3 is 4.90 Å². The van der Waals surface area contributed by atoms with Crippen LogP contribution in [0.25, 0.3) is 10.9 Å². The minimum atomic E-state index is -0.369. The van der Waals surface area contributed by atoms with E-state index in [1.165, 1.54) is 0 Å². The molecule has 0 spiro atoms. The zero-order valence-electron chi connectivity index (χ0n) is 17.2. The highest BCUT2D eigenvalue weighted by Crippen LogP contribution is 2.26. The van der Waals surface area contributed by atoms with Crippen molar-refractivity contribution < 1.29 is 4.79 Å². The average Bonchev–Trinajstić information content (AvgIpc) is 2.62. The van der Waals surface area contributed by atoms with Gasteiger partial charge in [-0.25, -0.2) is 4.98 Å². The molecule has 2 unspecified atom stereocenters. The van der Waals surface area contributed by atoms with E-state index in [2.05, 4.69) is 18.7 Å². The highest BCUT2D eigenvalue weighted by atomic mass is 16.2. The first-order chi connectivity index (χ1) is 12.6. The van der Waals surface area contributed by atoms with Crippen LogP contribution in [0.3, 0.4) is 0 Å². The summed E-state index contributed by atoms with van der Waals surface area (Å²) in [4.78, 5) is 34.4. The van der Waals surface area contributed by atoms with Crippen LogP contribution in [-0.4, -0.2) is 50.9 Å². The number of hydrogen-bond acceptors (Lipinski definition) is 4. The van der Waals surface area contributed by atoms with Gasteiger partial charge in [-0.05, 0) is 26.0 Å². The summed E-state index contributed by atoms with van der Waals surface area (Å²) in [6.45, 7) is 12.3. The molecule has 27 heavy (non-hydrogen) atoms. The summed E-state index contributed by atoms with van der Waals surface area (Å²) in [5, 5.41) is 0.643. The molecule has 6 heteroatoms. The van der Waals surface area contributed by atoms with Gasteiger partial charge in [0.15, 0.2) is 0 Å². The SMILES string of the molecule is CC(c1nc2ccccc2c(=O)n1C)N1CCN(C(=O)C(C)(C)C)C(C)C1. The van der Waals surface area contributed by atoms with Crippen LogP contribution < -0.4 is 5.56 Å². The van der Waals surface area contributed by atoms with Crippen LogP contribution >= 0.6 is 0 Å². The maximum atomic E-state index is 12.7. The second-order valence-corrected chi connectivity index (χ2v) is 8.62. The molecule has 0 N–H and O–H groups in total. The van der Waals surface area contributed by atoms with E-state index in [0.29, 0.717) is 11.9 Å². The normalized spacial score (nSPS) is 20.1. The van der Waals surface area contributed by atoms with Crippen molar-refractivity contribution in [2.24, 2.45) is 12.5 Å². The van der Waals surface area contributed by atoms with E-state index in [0.717, 1.165) is 24.4 Å². The van der Waals surface area contributed by atoms with E-state index in [-0.39, 0.29) is 29.0 Å². The minimum absolute atomic E-state index is 0.00152. The lowest BCUT2D eigenvalue weighted by molar-refractivity contribution is -0.144. The molecule has 2 heterocycles. The van der Waals surface area contributed by atoms with Crippen molar-refractivity contribution in [1.82, 2.24) is 19.4 Å². The molecule has 0 radical (unpaired) electrons. The molecule has 3 rings (SSSR count). The Morgan fingerprint density at radius 3 is 2.52 bits per heavy atom. The van der Waals surface area contributed by atoms with Crippen molar-refractivity contribution in [2.75, 3.05) is 19.6 Å². The first-order valence-corrected chi connectivity index (χ1v) is 9.62. The smallest absolute Gasteiger partial charge is 0.261 e. The minimum Gasteiger partial charge on any atom is -0.337 e. The molecule has 1 saturated heterocycles. The van der Waals surface area contributed by atoms with Crippen LogP contribution in [0.2, 0.25) is 0 Å². The second kappa shape index (κ2) is 7.08. The fourth-order valence-corrected chi connectivity index (χ4v) is 3.84. The van der Waals surface area contributed by atoms with Gasteiger partial charge in [0.2, 0.25) is 5.91 Å². The zero-order chi connectivity index (χ0) is 19.9. The first kappa shape index (κ1) is 19.5. The molecule has 1 fully saturated rings. The monoisotopic (exact) mass is 370 g/mol. The highest BCUT2D eigenvalue weighted by molar-refractivity contribution is 5.82. The third-order valence-electron chi connectivity index (χ3n) is 5.50. The van der Waals surface area contributed by atoms with Crippen LogP contribution in [-0.2, 0) is 11.8 Å². The molecule has 6 nitrogen and oxygen atoms in total. The van der Waals surface area contributed by atoms with Crippen molar-refractivity contribution in [2.45, 2.75) is 46.7 Å². The molecular formula is C21H30N4O2. The number of amides is 1. The molecule has 0 bridgehead atoms. The third-order valence-corrected chi connectivity index (χ3v) is 5.50. The third kappa shape index (κ3) is 3.63. The van der Waals surface area contributed by atoms with E-state index in [9.17, 15) is 9.59 Å². The molecule has 0 aliphatic carbocycles. The topological polar surface area (TPSA) is 58.4 Å². The number of benzene rings is 1. The Labute approximate surface area is 160 Å². The van der Waals surface area contributed by atoms with Crippen LogP contribution in [0, 0.1) is 5.41 Å². The van der Waals surface area contributed by atoms with Gasteiger partial charge in [-0.3, -0.25) is 19.1 Å². The molecule has 0 saturated carbocycles.